The minimum Gasteiger partial charge on any atom is -0.365 e. The average molecular weight is 330 g/mol. The van der Waals surface area contributed by atoms with Crippen LogP contribution in [0.15, 0.2) is 30.5 Å². The van der Waals surface area contributed by atoms with E-state index in [0.29, 0.717) is 44.5 Å². The third-order valence-corrected chi connectivity index (χ3v) is 3.94. The van der Waals surface area contributed by atoms with Gasteiger partial charge in [-0.2, -0.15) is 10.1 Å². The molecule has 8 heteroatoms. The maximum atomic E-state index is 12.9. The molecule has 0 aliphatic carbocycles. The monoisotopic (exact) mass is 330 g/mol. The molecule has 1 aromatic carbocycles. The third kappa shape index (κ3) is 3.95. The van der Waals surface area contributed by atoms with Crippen molar-refractivity contribution in [3.63, 3.8) is 0 Å². The van der Waals surface area contributed by atoms with Crippen LogP contribution in [0.3, 0.4) is 0 Å². The number of carbonyl (C=O) groups is 1. The predicted molar refractivity (Wildman–Crippen MR) is 88.0 cm³/mol. The van der Waals surface area contributed by atoms with Crippen molar-refractivity contribution in [2.45, 2.75) is 13.5 Å². The summed E-state index contributed by atoms with van der Waals surface area (Å²) in [6.45, 7) is 4.79. The van der Waals surface area contributed by atoms with Gasteiger partial charge in [0, 0.05) is 39.6 Å². The maximum absolute atomic E-state index is 12.9. The summed E-state index contributed by atoms with van der Waals surface area (Å²) in [6.07, 6.45) is 1.55. The smallest absolute Gasteiger partial charge is 0.247 e. The van der Waals surface area contributed by atoms with Gasteiger partial charge in [-0.15, -0.1) is 5.10 Å². The molecule has 1 N–H and O–H groups in total. The lowest BCUT2D eigenvalue weighted by Crippen LogP contribution is -2.48. The number of halogens is 1. The molecule has 3 rings (SSSR count). The van der Waals surface area contributed by atoms with Gasteiger partial charge in [0.25, 0.3) is 0 Å². The van der Waals surface area contributed by atoms with Crippen LogP contribution in [0, 0.1) is 5.82 Å². The van der Waals surface area contributed by atoms with Crippen molar-refractivity contribution < 1.29 is 9.18 Å². The molecule has 24 heavy (non-hydrogen) atoms. The van der Waals surface area contributed by atoms with Crippen LogP contribution in [0.25, 0.3) is 0 Å². The molecule has 0 unspecified atom stereocenters. The second-order valence-electron chi connectivity index (χ2n) is 5.61. The molecule has 1 aliphatic heterocycles. The molecule has 1 aliphatic rings. The Kier molecular flexibility index (Phi) is 4.83. The van der Waals surface area contributed by atoms with Crippen LogP contribution in [0.1, 0.15) is 12.5 Å². The van der Waals surface area contributed by atoms with Gasteiger partial charge in [-0.1, -0.05) is 12.1 Å². The number of rotatable bonds is 4. The zero-order valence-electron chi connectivity index (χ0n) is 13.4. The maximum Gasteiger partial charge on any atom is 0.247 e. The molecular weight excluding hydrogens is 311 g/mol. The highest BCUT2D eigenvalue weighted by Crippen LogP contribution is 2.13. The van der Waals surface area contributed by atoms with Gasteiger partial charge < -0.3 is 15.1 Å². The highest BCUT2D eigenvalue weighted by molar-refractivity contribution is 5.73. The summed E-state index contributed by atoms with van der Waals surface area (Å²) >= 11 is 0. The van der Waals surface area contributed by atoms with Gasteiger partial charge in [0.2, 0.25) is 11.9 Å². The van der Waals surface area contributed by atoms with E-state index in [9.17, 15) is 9.18 Å². The van der Waals surface area contributed by atoms with E-state index in [1.54, 1.807) is 30.2 Å². The van der Waals surface area contributed by atoms with E-state index in [-0.39, 0.29) is 11.7 Å². The fraction of sp³-hybridized carbons (Fsp3) is 0.375. The van der Waals surface area contributed by atoms with Gasteiger partial charge >= 0.3 is 0 Å². The first kappa shape index (κ1) is 16.1. The van der Waals surface area contributed by atoms with Gasteiger partial charge in [-0.25, -0.2) is 4.39 Å². The van der Waals surface area contributed by atoms with Crippen LogP contribution in [0.5, 0.6) is 0 Å². The standard InChI is InChI=1S/C16H19FN6O/c1-12(24)22-6-8-23(9-7-22)16-20-15(11-19-21-16)18-10-13-2-4-14(17)5-3-13/h2-5,11H,6-10H2,1H3,(H,18,20,21). The zero-order chi connectivity index (χ0) is 16.9. The average Bonchev–Trinajstić information content (AvgIpc) is 2.61. The molecule has 7 nitrogen and oxygen atoms in total. The number of nitrogens with zero attached hydrogens (tertiary/aromatic N) is 5. The number of aromatic nitrogens is 3. The van der Waals surface area contributed by atoms with Crippen LogP contribution < -0.4 is 10.2 Å². The Morgan fingerprint density at radius 2 is 1.92 bits per heavy atom. The summed E-state index contributed by atoms with van der Waals surface area (Å²) in [4.78, 5) is 19.6. The Hall–Kier alpha value is -2.77. The molecule has 2 aromatic rings. The number of hydrogen-bond acceptors (Lipinski definition) is 6. The quantitative estimate of drug-likeness (QED) is 0.911. The number of hydrogen-bond donors (Lipinski definition) is 1. The molecule has 0 atom stereocenters. The van der Waals surface area contributed by atoms with Crippen molar-refractivity contribution in [3.05, 3.63) is 41.8 Å². The lowest BCUT2D eigenvalue weighted by atomic mass is 10.2. The normalized spacial score (nSPS) is 14.6. The van der Waals surface area contributed by atoms with Crippen molar-refractivity contribution in [1.29, 1.82) is 0 Å². The van der Waals surface area contributed by atoms with Gasteiger partial charge in [0.15, 0.2) is 5.82 Å². The molecule has 2 heterocycles. The van der Waals surface area contributed by atoms with E-state index in [1.807, 2.05) is 4.90 Å². The summed E-state index contributed by atoms with van der Waals surface area (Å²) in [7, 11) is 0. The SMILES string of the molecule is CC(=O)N1CCN(c2nncc(NCc3ccc(F)cc3)n2)CC1. The highest BCUT2D eigenvalue weighted by Gasteiger charge is 2.20. The van der Waals surface area contributed by atoms with Crippen LogP contribution in [-0.2, 0) is 11.3 Å². The summed E-state index contributed by atoms with van der Waals surface area (Å²) in [6, 6.07) is 6.29. The molecule has 0 radical (unpaired) electrons. The van der Waals surface area contributed by atoms with E-state index in [1.165, 1.54) is 12.1 Å². The molecule has 126 valence electrons. The Morgan fingerprint density at radius 3 is 2.58 bits per heavy atom. The third-order valence-electron chi connectivity index (χ3n) is 3.94. The van der Waals surface area contributed by atoms with Gasteiger partial charge in [0.1, 0.15) is 5.82 Å². The number of benzene rings is 1. The predicted octanol–water partition coefficient (Wildman–Crippen LogP) is 1.29. The second-order valence-corrected chi connectivity index (χ2v) is 5.61. The minimum atomic E-state index is -0.255. The van der Waals surface area contributed by atoms with Gasteiger partial charge in [-0.05, 0) is 17.7 Å². The minimum absolute atomic E-state index is 0.0865. The number of amides is 1. The van der Waals surface area contributed by atoms with E-state index in [4.69, 9.17) is 0 Å². The first-order chi connectivity index (χ1) is 11.6. The van der Waals surface area contributed by atoms with Crippen LogP contribution >= 0.6 is 0 Å². The lowest BCUT2D eigenvalue weighted by Gasteiger charge is -2.33. The molecule has 1 aromatic heterocycles. The van der Waals surface area contributed by atoms with Crippen molar-refractivity contribution >= 4 is 17.7 Å². The topological polar surface area (TPSA) is 74.2 Å². The lowest BCUT2D eigenvalue weighted by molar-refractivity contribution is -0.129. The highest BCUT2D eigenvalue weighted by atomic mass is 19.1. The molecule has 0 spiro atoms. The fourth-order valence-electron chi connectivity index (χ4n) is 2.53. The number of carbonyl (C=O) groups excluding carboxylic acids is 1. The van der Waals surface area contributed by atoms with E-state index >= 15 is 0 Å². The molecule has 1 amide bonds. The van der Waals surface area contributed by atoms with Crippen molar-refractivity contribution in [1.82, 2.24) is 20.1 Å². The summed E-state index contributed by atoms with van der Waals surface area (Å²) in [5, 5.41) is 11.2. The number of anilines is 2. The molecule has 1 fully saturated rings. The van der Waals surface area contributed by atoms with Crippen LogP contribution in [0.2, 0.25) is 0 Å². The van der Waals surface area contributed by atoms with Gasteiger partial charge in [-0.3, -0.25) is 4.79 Å². The summed E-state index contributed by atoms with van der Waals surface area (Å²) < 4.78 is 12.9. The Labute approximate surface area is 139 Å². The summed E-state index contributed by atoms with van der Waals surface area (Å²) in [5.74, 6) is 0.985. The van der Waals surface area contributed by atoms with Crippen molar-refractivity contribution in [2.24, 2.45) is 0 Å². The van der Waals surface area contributed by atoms with Gasteiger partial charge in [0.05, 0.1) is 6.20 Å². The van der Waals surface area contributed by atoms with E-state index < -0.39 is 0 Å². The fourth-order valence-corrected chi connectivity index (χ4v) is 2.53. The molecule has 1 saturated heterocycles. The Morgan fingerprint density at radius 1 is 1.21 bits per heavy atom. The van der Waals surface area contributed by atoms with E-state index in [0.717, 1.165) is 5.56 Å². The van der Waals surface area contributed by atoms with Crippen LogP contribution in [-0.4, -0.2) is 52.2 Å². The Bertz CT molecular complexity index is 700. The summed E-state index contributed by atoms with van der Waals surface area (Å²) in [5.41, 5.74) is 0.951. The molecular formula is C16H19FN6O. The first-order valence-electron chi connectivity index (χ1n) is 7.80. The zero-order valence-corrected chi connectivity index (χ0v) is 13.4. The van der Waals surface area contributed by atoms with Crippen molar-refractivity contribution in [2.75, 3.05) is 36.4 Å². The van der Waals surface area contributed by atoms with Crippen molar-refractivity contribution in [3.8, 4) is 0 Å². The molecule has 0 bridgehead atoms. The largest absolute Gasteiger partial charge is 0.365 e. The van der Waals surface area contributed by atoms with Crippen LogP contribution in [0.4, 0.5) is 16.2 Å². The van der Waals surface area contributed by atoms with E-state index in [2.05, 4.69) is 20.5 Å². The number of nitrogens with one attached hydrogen (secondary N) is 1. The molecule has 0 saturated carbocycles. The number of piperazine rings is 1. The second kappa shape index (κ2) is 7.20. The first-order valence-corrected chi connectivity index (χ1v) is 7.80. The Balaban J connectivity index is 1.60.